The van der Waals surface area contributed by atoms with Crippen molar-refractivity contribution in [3.63, 3.8) is 0 Å². The highest BCUT2D eigenvalue weighted by molar-refractivity contribution is 5.79. The zero-order valence-corrected chi connectivity index (χ0v) is 12.6. The number of carbonyl (C=O) groups excluding carboxylic acids is 1. The average Bonchev–Trinajstić information content (AvgIpc) is 2.38. The van der Waals surface area contributed by atoms with Gasteiger partial charge in [0.25, 0.3) is 0 Å². The molecular weight excluding hydrogens is 302 g/mol. The fourth-order valence-corrected chi connectivity index (χ4v) is 1.85. The van der Waals surface area contributed by atoms with Crippen molar-refractivity contribution in [3.8, 4) is 0 Å². The Balaban J connectivity index is 2.68. The summed E-state index contributed by atoms with van der Waals surface area (Å²) in [5.41, 5.74) is -0.220. The summed E-state index contributed by atoms with van der Waals surface area (Å²) in [6.45, 7) is 1.77. The Bertz CT molecular complexity index is 515. The van der Waals surface area contributed by atoms with Gasteiger partial charge in [0.1, 0.15) is 0 Å². The monoisotopic (exact) mass is 321 g/mol. The SMILES string of the molecule is CC(C)(C)C(COC(F)F)C(=O)NCc1ccc(F)c(F)c1. The number of alkyl halides is 2. The van der Waals surface area contributed by atoms with Gasteiger partial charge >= 0.3 is 6.61 Å². The van der Waals surface area contributed by atoms with E-state index in [4.69, 9.17) is 0 Å². The van der Waals surface area contributed by atoms with E-state index >= 15 is 0 Å². The van der Waals surface area contributed by atoms with Crippen LogP contribution in [0.2, 0.25) is 0 Å². The number of hydrogen-bond donors (Lipinski definition) is 1. The van der Waals surface area contributed by atoms with Gasteiger partial charge in [0.2, 0.25) is 5.91 Å². The molecule has 0 aliphatic rings. The molecule has 0 saturated carbocycles. The predicted molar refractivity (Wildman–Crippen MR) is 73.1 cm³/mol. The molecule has 0 aliphatic carbocycles. The van der Waals surface area contributed by atoms with Crippen molar-refractivity contribution < 1.29 is 27.1 Å². The van der Waals surface area contributed by atoms with Crippen LogP contribution < -0.4 is 5.32 Å². The van der Waals surface area contributed by atoms with E-state index in [1.54, 1.807) is 20.8 Å². The summed E-state index contributed by atoms with van der Waals surface area (Å²) in [4.78, 5) is 12.1. The molecule has 1 aromatic carbocycles. The van der Waals surface area contributed by atoms with Crippen molar-refractivity contribution in [1.82, 2.24) is 5.32 Å². The summed E-state index contributed by atoms with van der Waals surface area (Å²) < 4.78 is 54.4. The highest BCUT2D eigenvalue weighted by atomic mass is 19.3. The van der Waals surface area contributed by atoms with Crippen LogP contribution in [0.5, 0.6) is 0 Å². The molecule has 1 rings (SSSR count). The van der Waals surface area contributed by atoms with Crippen LogP contribution in [0.1, 0.15) is 26.3 Å². The largest absolute Gasteiger partial charge is 0.352 e. The molecule has 0 aromatic heterocycles. The molecule has 0 bridgehead atoms. The number of benzene rings is 1. The summed E-state index contributed by atoms with van der Waals surface area (Å²) in [6.07, 6.45) is 0. The third-order valence-electron chi connectivity index (χ3n) is 3.20. The van der Waals surface area contributed by atoms with Crippen molar-refractivity contribution in [1.29, 1.82) is 0 Å². The molecule has 0 radical (unpaired) electrons. The van der Waals surface area contributed by atoms with Gasteiger partial charge in [0.05, 0.1) is 12.5 Å². The zero-order chi connectivity index (χ0) is 16.9. The van der Waals surface area contributed by atoms with Gasteiger partial charge in [0, 0.05) is 6.54 Å². The minimum atomic E-state index is -2.95. The molecule has 0 saturated heterocycles. The molecule has 1 aromatic rings. The zero-order valence-electron chi connectivity index (χ0n) is 12.6. The fourth-order valence-electron chi connectivity index (χ4n) is 1.85. The second kappa shape index (κ2) is 7.58. The number of nitrogens with one attached hydrogen (secondary N) is 1. The topological polar surface area (TPSA) is 38.3 Å². The first kappa shape index (κ1) is 18.4. The van der Waals surface area contributed by atoms with Crippen LogP contribution in [-0.2, 0) is 16.1 Å². The molecular formula is C15H19F4NO2. The van der Waals surface area contributed by atoms with Gasteiger partial charge in [-0.1, -0.05) is 26.8 Å². The quantitative estimate of drug-likeness (QED) is 0.815. The molecule has 3 nitrogen and oxygen atoms in total. The maximum atomic E-state index is 13.1. The van der Waals surface area contributed by atoms with Crippen molar-refractivity contribution >= 4 is 5.91 Å². The molecule has 0 spiro atoms. The molecule has 7 heteroatoms. The lowest BCUT2D eigenvalue weighted by Crippen LogP contribution is -2.40. The van der Waals surface area contributed by atoms with E-state index in [1.807, 2.05) is 0 Å². The van der Waals surface area contributed by atoms with Crippen molar-refractivity contribution in [2.45, 2.75) is 33.9 Å². The van der Waals surface area contributed by atoms with Crippen LogP contribution >= 0.6 is 0 Å². The predicted octanol–water partition coefficient (Wildman–Crippen LogP) is 3.48. The molecule has 0 aliphatic heterocycles. The van der Waals surface area contributed by atoms with Gasteiger partial charge in [-0.2, -0.15) is 8.78 Å². The second-order valence-corrected chi connectivity index (χ2v) is 5.98. The Kier molecular flexibility index (Phi) is 6.34. The van der Waals surface area contributed by atoms with Crippen molar-refractivity contribution in [2.75, 3.05) is 6.61 Å². The molecule has 124 valence electrons. The van der Waals surface area contributed by atoms with Crippen LogP contribution in [0.3, 0.4) is 0 Å². The third-order valence-corrected chi connectivity index (χ3v) is 3.20. The van der Waals surface area contributed by atoms with Gasteiger partial charge in [-0.15, -0.1) is 0 Å². The average molecular weight is 321 g/mol. The van der Waals surface area contributed by atoms with Gasteiger partial charge < -0.3 is 10.1 Å². The van der Waals surface area contributed by atoms with Gasteiger partial charge in [0.15, 0.2) is 11.6 Å². The Hall–Kier alpha value is -1.63. The third kappa shape index (κ3) is 5.63. The molecule has 22 heavy (non-hydrogen) atoms. The van der Waals surface area contributed by atoms with Gasteiger partial charge in [-0.05, 0) is 23.1 Å². The summed E-state index contributed by atoms with van der Waals surface area (Å²) in [5.74, 6) is -3.28. The molecule has 1 N–H and O–H groups in total. The van der Waals surface area contributed by atoms with Crippen molar-refractivity contribution in [2.24, 2.45) is 11.3 Å². The Labute approximate surface area is 126 Å². The van der Waals surface area contributed by atoms with Crippen LogP contribution in [0, 0.1) is 23.0 Å². The number of carbonyl (C=O) groups is 1. The number of hydrogen-bond acceptors (Lipinski definition) is 2. The second-order valence-electron chi connectivity index (χ2n) is 5.98. The number of rotatable bonds is 6. The van der Waals surface area contributed by atoms with E-state index in [9.17, 15) is 22.4 Å². The standard InChI is InChI=1S/C15H19F4NO2/c1-15(2,3)10(8-22-14(18)19)13(21)20-7-9-4-5-11(16)12(17)6-9/h4-6,10,14H,7-8H2,1-3H3,(H,20,21). The van der Waals surface area contributed by atoms with E-state index in [0.717, 1.165) is 12.1 Å². The Morgan fingerprint density at radius 1 is 1.23 bits per heavy atom. The van der Waals surface area contributed by atoms with Gasteiger partial charge in [-0.3, -0.25) is 4.79 Å². The maximum Gasteiger partial charge on any atom is 0.345 e. The molecule has 1 amide bonds. The molecule has 1 unspecified atom stereocenters. The minimum absolute atomic E-state index is 0.0305. The Morgan fingerprint density at radius 2 is 1.86 bits per heavy atom. The lowest BCUT2D eigenvalue weighted by atomic mass is 9.80. The highest BCUT2D eigenvalue weighted by Gasteiger charge is 2.32. The number of ether oxygens (including phenoxy) is 1. The first-order valence-electron chi connectivity index (χ1n) is 6.72. The minimum Gasteiger partial charge on any atom is -0.352 e. The summed E-state index contributed by atoms with van der Waals surface area (Å²) in [5, 5.41) is 2.52. The first-order valence-corrected chi connectivity index (χ1v) is 6.72. The van der Waals surface area contributed by atoms with E-state index in [0.29, 0.717) is 5.56 Å². The molecule has 1 atom stereocenters. The van der Waals surface area contributed by atoms with Crippen molar-refractivity contribution in [3.05, 3.63) is 35.4 Å². The highest BCUT2D eigenvalue weighted by Crippen LogP contribution is 2.27. The first-order chi connectivity index (χ1) is 10.1. The number of amides is 1. The van der Waals surface area contributed by atoms with E-state index in [-0.39, 0.29) is 6.54 Å². The van der Waals surface area contributed by atoms with Crippen LogP contribution in [-0.4, -0.2) is 19.1 Å². The molecule has 0 fully saturated rings. The summed E-state index contributed by atoms with van der Waals surface area (Å²) in [7, 11) is 0. The lowest BCUT2D eigenvalue weighted by molar-refractivity contribution is -0.156. The van der Waals surface area contributed by atoms with Gasteiger partial charge in [-0.25, -0.2) is 8.78 Å². The van der Waals surface area contributed by atoms with Crippen LogP contribution in [0.25, 0.3) is 0 Å². The lowest BCUT2D eigenvalue weighted by Gasteiger charge is -2.29. The van der Waals surface area contributed by atoms with Crippen LogP contribution in [0.15, 0.2) is 18.2 Å². The Morgan fingerprint density at radius 3 is 2.36 bits per heavy atom. The smallest absolute Gasteiger partial charge is 0.345 e. The molecule has 0 heterocycles. The van der Waals surface area contributed by atoms with E-state index < -0.39 is 42.1 Å². The summed E-state index contributed by atoms with van der Waals surface area (Å²) in [6, 6.07) is 3.26. The maximum absolute atomic E-state index is 13.1. The van der Waals surface area contributed by atoms with E-state index in [1.165, 1.54) is 6.07 Å². The van der Waals surface area contributed by atoms with E-state index in [2.05, 4.69) is 10.1 Å². The van der Waals surface area contributed by atoms with Crippen LogP contribution in [0.4, 0.5) is 17.6 Å². The summed E-state index contributed by atoms with van der Waals surface area (Å²) >= 11 is 0. The number of halogens is 4. The fraction of sp³-hybridized carbons (Fsp3) is 0.533. The normalized spacial score (nSPS) is 13.3.